The number of carboxylic acid groups (broad SMARTS) is 1. The van der Waals surface area contributed by atoms with Gasteiger partial charge in [0, 0.05) is 31.8 Å². The van der Waals surface area contributed by atoms with Gasteiger partial charge in [-0.15, -0.1) is 0 Å². The van der Waals surface area contributed by atoms with Gasteiger partial charge in [0.05, 0.1) is 0 Å². The number of rotatable bonds is 5. The van der Waals surface area contributed by atoms with Crippen molar-refractivity contribution < 1.29 is 19.1 Å². The molecule has 2 amide bonds. The summed E-state index contributed by atoms with van der Waals surface area (Å²) in [5.74, 6) is -1.52. The molecule has 0 saturated carbocycles. The van der Waals surface area contributed by atoms with Gasteiger partial charge in [-0.3, -0.25) is 0 Å². The number of carbonyl (C=O) groups excluding carboxylic acids is 1. The van der Waals surface area contributed by atoms with Gasteiger partial charge in [-0.1, -0.05) is 6.07 Å². The molecule has 0 unspecified atom stereocenters. The van der Waals surface area contributed by atoms with Crippen LogP contribution in [0.2, 0.25) is 0 Å². The maximum Gasteiger partial charge on any atom is 0.328 e. The Bertz CT molecular complexity index is 529. The molecule has 1 rings (SSSR count). The Kier molecular flexibility index (Phi) is 5.71. The van der Waals surface area contributed by atoms with Crippen molar-refractivity contribution in [3.63, 3.8) is 0 Å². The Hall–Kier alpha value is -2.37. The normalized spacial score (nSPS) is 10.6. The van der Waals surface area contributed by atoms with Gasteiger partial charge in [0.15, 0.2) is 0 Å². The van der Waals surface area contributed by atoms with Crippen molar-refractivity contribution in [3.8, 4) is 0 Å². The number of nitrogens with zero attached hydrogens (tertiary/aromatic N) is 1. The molecule has 1 aromatic rings. The Balaban J connectivity index is 2.77. The standard InChI is InChI=1S/C14H17FN2O3/c1-3-17(2)14(20)16-9-11-8-10(4-6-12(11)15)5-7-13(18)19/h4-8H,3,9H2,1-2H3,(H,16,20)(H,18,19). The number of amides is 2. The fraction of sp³-hybridized carbons (Fsp3) is 0.286. The summed E-state index contributed by atoms with van der Waals surface area (Å²) in [5.41, 5.74) is 0.859. The molecule has 108 valence electrons. The molecule has 0 radical (unpaired) electrons. The molecule has 0 bridgehead atoms. The van der Waals surface area contributed by atoms with Crippen LogP contribution in [0.4, 0.5) is 9.18 Å². The Morgan fingerprint density at radius 1 is 1.45 bits per heavy atom. The summed E-state index contributed by atoms with van der Waals surface area (Å²) >= 11 is 0. The number of halogens is 1. The SMILES string of the molecule is CCN(C)C(=O)NCc1cc(C=CC(=O)O)ccc1F. The van der Waals surface area contributed by atoms with Crippen molar-refractivity contribution in [1.82, 2.24) is 10.2 Å². The molecule has 20 heavy (non-hydrogen) atoms. The Morgan fingerprint density at radius 2 is 2.15 bits per heavy atom. The van der Waals surface area contributed by atoms with Crippen LogP contribution in [-0.2, 0) is 11.3 Å². The molecule has 5 nitrogen and oxygen atoms in total. The van der Waals surface area contributed by atoms with Crippen molar-refractivity contribution in [2.45, 2.75) is 13.5 Å². The largest absolute Gasteiger partial charge is 0.478 e. The van der Waals surface area contributed by atoms with Crippen LogP contribution in [0.1, 0.15) is 18.1 Å². The number of benzene rings is 1. The summed E-state index contributed by atoms with van der Waals surface area (Å²) in [5, 5.41) is 11.1. The zero-order valence-electron chi connectivity index (χ0n) is 11.4. The maximum atomic E-state index is 13.6. The van der Waals surface area contributed by atoms with Crippen molar-refractivity contribution in [3.05, 3.63) is 41.2 Å². The minimum Gasteiger partial charge on any atom is -0.478 e. The lowest BCUT2D eigenvalue weighted by Crippen LogP contribution is -2.36. The van der Waals surface area contributed by atoms with E-state index in [1.165, 1.54) is 29.2 Å². The third-order valence-corrected chi connectivity index (χ3v) is 2.74. The van der Waals surface area contributed by atoms with Crippen LogP contribution in [0.3, 0.4) is 0 Å². The number of urea groups is 1. The first-order valence-electron chi connectivity index (χ1n) is 6.12. The van der Waals surface area contributed by atoms with Gasteiger partial charge >= 0.3 is 12.0 Å². The quantitative estimate of drug-likeness (QED) is 0.811. The van der Waals surface area contributed by atoms with E-state index >= 15 is 0 Å². The van der Waals surface area contributed by atoms with Gasteiger partial charge in [-0.05, 0) is 30.7 Å². The highest BCUT2D eigenvalue weighted by molar-refractivity contribution is 5.85. The fourth-order valence-corrected chi connectivity index (χ4v) is 1.45. The highest BCUT2D eigenvalue weighted by Gasteiger charge is 2.08. The lowest BCUT2D eigenvalue weighted by atomic mass is 10.1. The monoisotopic (exact) mass is 280 g/mol. The molecule has 0 aliphatic heterocycles. The fourth-order valence-electron chi connectivity index (χ4n) is 1.45. The maximum absolute atomic E-state index is 13.6. The van der Waals surface area contributed by atoms with E-state index in [4.69, 9.17) is 5.11 Å². The summed E-state index contributed by atoms with van der Waals surface area (Å²) in [4.78, 5) is 23.4. The highest BCUT2D eigenvalue weighted by Crippen LogP contribution is 2.12. The predicted octanol–water partition coefficient (Wildman–Crippen LogP) is 2.08. The topological polar surface area (TPSA) is 69.6 Å². The van der Waals surface area contributed by atoms with Crippen LogP contribution >= 0.6 is 0 Å². The zero-order valence-corrected chi connectivity index (χ0v) is 11.4. The average molecular weight is 280 g/mol. The van der Waals surface area contributed by atoms with Crippen LogP contribution < -0.4 is 5.32 Å². The molecule has 0 aliphatic carbocycles. The van der Waals surface area contributed by atoms with Gasteiger partial charge in [0.2, 0.25) is 0 Å². The van der Waals surface area contributed by atoms with Gasteiger partial charge in [0.25, 0.3) is 0 Å². The lowest BCUT2D eigenvalue weighted by Gasteiger charge is -2.15. The van der Waals surface area contributed by atoms with E-state index in [1.807, 2.05) is 6.92 Å². The molecule has 0 atom stereocenters. The first kappa shape index (κ1) is 15.7. The molecule has 0 aliphatic rings. The molecule has 2 N–H and O–H groups in total. The van der Waals surface area contributed by atoms with E-state index in [0.717, 1.165) is 6.08 Å². The molecule has 1 aromatic carbocycles. The van der Waals surface area contributed by atoms with Crippen LogP contribution in [0.25, 0.3) is 6.08 Å². The second kappa shape index (κ2) is 7.28. The molecule has 0 aromatic heterocycles. The van der Waals surface area contributed by atoms with Gasteiger partial charge in [0.1, 0.15) is 5.82 Å². The number of carbonyl (C=O) groups is 2. The molecule has 0 saturated heterocycles. The molecule has 6 heteroatoms. The highest BCUT2D eigenvalue weighted by atomic mass is 19.1. The van der Waals surface area contributed by atoms with Crippen LogP contribution in [0, 0.1) is 5.82 Å². The summed E-state index contributed by atoms with van der Waals surface area (Å²) < 4.78 is 13.6. The van der Waals surface area contributed by atoms with E-state index < -0.39 is 11.8 Å². The third-order valence-electron chi connectivity index (χ3n) is 2.74. The van der Waals surface area contributed by atoms with Crippen LogP contribution in [-0.4, -0.2) is 35.6 Å². The Morgan fingerprint density at radius 3 is 2.75 bits per heavy atom. The average Bonchev–Trinajstić information content (AvgIpc) is 2.43. The number of carboxylic acids is 1. The second-order valence-electron chi connectivity index (χ2n) is 4.20. The van der Waals surface area contributed by atoms with Crippen molar-refractivity contribution >= 4 is 18.1 Å². The van der Waals surface area contributed by atoms with E-state index in [-0.39, 0.29) is 12.6 Å². The number of hydrogen-bond acceptors (Lipinski definition) is 2. The zero-order chi connectivity index (χ0) is 15.1. The number of nitrogens with one attached hydrogen (secondary N) is 1. The lowest BCUT2D eigenvalue weighted by molar-refractivity contribution is -0.131. The molecule has 0 heterocycles. The summed E-state index contributed by atoms with van der Waals surface area (Å²) in [6.45, 7) is 2.43. The van der Waals surface area contributed by atoms with Gasteiger partial charge < -0.3 is 15.3 Å². The minimum atomic E-state index is -1.08. The smallest absolute Gasteiger partial charge is 0.328 e. The minimum absolute atomic E-state index is 0.0454. The van der Waals surface area contributed by atoms with Crippen molar-refractivity contribution in [2.75, 3.05) is 13.6 Å². The first-order chi connectivity index (χ1) is 9.43. The van der Waals surface area contributed by atoms with Gasteiger partial charge in [-0.2, -0.15) is 0 Å². The predicted molar refractivity (Wildman–Crippen MR) is 73.6 cm³/mol. The molecular weight excluding hydrogens is 263 g/mol. The van der Waals surface area contributed by atoms with E-state index in [1.54, 1.807) is 7.05 Å². The van der Waals surface area contributed by atoms with Gasteiger partial charge in [-0.25, -0.2) is 14.0 Å². The van der Waals surface area contributed by atoms with Crippen molar-refractivity contribution in [1.29, 1.82) is 0 Å². The number of aliphatic carboxylic acids is 1. The third kappa shape index (κ3) is 4.72. The molecule has 0 fully saturated rings. The van der Waals surface area contributed by atoms with Crippen LogP contribution in [0.5, 0.6) is 0 Å². The first-order valence-corrected chi connectivity index (χ1v) is 6.12. The van der Waals surface area contributed by atoms with E-state index in [2.05, 4.69) is 5.32 Å². The second-order valence-corrected chi connectivity index (χ2v) is 4.20. The van der Waals surface area contributed by atoms with Crippen LogP contribution in [0.15, 0.2) is 24.3 Å². The molecule has 0 spiro atoms. The Labute approximate surface area is 116 Å². The molecular formula is C14H17FN2O3. The summed E-state index contributed by atoms with van der Waals surface area (Å²) in [6, 6.07) is 3.92. The summed E-state index contributed by atoms with van der Waals surface area (Å²) in [7, 11) is 1.64. The summed E-state index contributed by atoms with van der Waals surface area (Å²) in [6.07, 6.45) is 2.34. The van der Waals surface area contributed by atoms with Crippen molar-refractivity contribution in [2.24, 2.45) is 0 Å². The van der Waals surface area contributed by atoms with E-state index in [9.17, 15) is 14.0 Å². The number of hydrogen-bond donors (Lipinski definition) is 2. The van der Waals surface area contributed by atoms with E-state index in [0.29, 0.717) is 17.7 Å².